The molecule has 1 rings (SSSR count). The van der Waals surface area contributed by atoms with Crippen molar-refractivity contribution >= 4 is 40.0 Å². The van der Waals surface area contributed by atoms with Gasteiger partial charge in [0.15, 0.2) is 0 Å². The quantitative estimate of drug-likeness (QED) is 0.563. The van der Waals surface area contributed by atoms with Crippen molar-refractivity contribution in [1.82, 2.24) is 0 Å². The van der Waals surface area contributed by atoms with E-state index in [-0.39, 0.29) is 42.9 Å². The molecular formula is C7H11BrMg. The Kier molecular flexibility index (Phi) is 8.90. The summed E-state index contributed by atoms with van der Waals surface area (Å²) in [4.78, 5) is 0. The fourth-order valence-electron chi connectivity index (χ4n) is 0.534. The summed E-state index contributed by atoms with van der Waals surface area (Å²) in [5.74, 6) is 0. The topological polar surface area (TPSA) is 0 Å². The first-order valence-corrected chi connectivity index (χ1v) is 2.41. The summed E-state index contributed by atoms with van der Waals surface area (Å²) in [6.45, 7) is 2.08. The van der Waals surface area contributed by atoms with Gasteiger partial charge in [-0.25, -0.2) is 0 Å². The fraction of sp³-hybridized carbons (Fsp3) is 0.143. The number of benzene rings is 1. The summed E-state index contributed by atoms with van der Waals surface area (Å²) in [6.07, 6.45) is 0. The number of hydrogen-bond acceptors (Lipinski definition) is 0. The number of rotatable bonds is 0. The zero-order valence-electron chi connectivity index (χ0n) is 7.50. The molecule has 0 radical (unpaired) electrons. The van der Waals surface area contributed by atoms with E-state index in [0.29, 0.717) is 0 Å². The van der Waals surface area contributed by atoms with Crippen molar-refractivity contribution in [2.24, 2.45) is 0 Å². The standard InChI is InChI=1S/C7H8.BrH.Mg.2H/c1-7-5-3-2-4-6-7;;;;/h2-6H,1H3;1H;;;/q;;+2;2*-1. The van der Waals surface area contributed by atoms with Crippen molar-refractivity contribution in [1.29, 1.82) is 0 Å². The third kappa shape index (κ3) is 4.94. The second-order valence-corrected chi connectivity index (χ2v) is 1.65. The summed E-state index contributed by atoms with van der Waals surface area (Å²) in [7, 11) is 0. The third-order valence-corrected chi connectivity index (χ3v) is 0.940. The maximum atomic E-state index is 2.08. The molecule has 0 amide bonds. The summed E-state index contributed by atoms with van der Waals surface area (Å²) >= 11 is 0. The van der Waals surface area contributed by atoms with E-state index in [2.05, 4.69) is 19.1 Å². The van der Waals surface area contributed by atoms with Crippen molar-refractivity contribution in [2.75, 3.05) is 0 Å². The average molecular weight is 199 g/mol. The molecule has 0 nitrogen and oxygen atoms in total. The molecule has 48 valence electrons. The Bertz CT molecular complexity index is 146. The van der Waals surface area contributed by atoms with E-state index in [9.17, 15) is 0 Å². The van der Waals surface area contributed by atoms with Crippen LogP contribution in [0.25, 0.3) is 0 Å². The van der Waals surface area contributed by atoms with Crippen LogP contribution in [0.4, 0.5) is 0 Å². The molecule has 0 heterocycles. The van der Waals surface area contributed by atoms with Gasteiger partial charge in [-0.3, -0.25) is 0 Å². The minimum atomic E-state index is 0. The van der Waals surface area contributed by atoms with Crippen LogP contribution in [-0.4, -0.2) is 23.1 Å². The Morgan fingerprint density at radius 2 is 1.56 bits per heavy atom. The van der Waals surface area contributed by atoms with E-state index in [1.54, 1.807) is 0 Å². The molecule has 0 aliphatic heterocycles. The molecule has 0 spiro atoms. The molecule has 0 fully saturated rings. The molecule has 0 saturated carbocycles. The maximum Gasteiger partial charge on any atom is 2.00 e. The molecule has 9 heavy (non-hydrogen) atoms. The maximum absolute atomic E-state index is 2.08. The van der Waals surface area contributed by atoms with E-state index >= 15 is 0 Å². The van der Waals surface area contributed by atoms with Gasteiger partial charge < -0.3 is 2.85 Å². The summed E-state index contributed by atoms with van der Waals surface area (Å²) in [5.41, 5.74) is 1.32. The normalized spacial score (nSPS) is 6.78. The smallest absolute Gasteiger partial charge is 1.00 e. The van der Waals surface area contributed by atoms with Gasteiger partial charge >= 0.3 is 23.1 Å². The second-order valence-electron chi connectivity index (χ2n) is 1.65. The predicted molar refractivity (Wildman–Crippen MR) is 49.5 cm³/mol. The molecule has 0 N–H and O–H groups in total. The van der Waals surface area contributed by atoms with Gasteiger partial charge in [-0.15, -0.1) is 17.0 Å². The minimum Gasteiger partial charge on any atom is -1.00 e. The molecule has 0 bridgehead atoms. The molecule has 0 aromatic heterocycles. The number of halogens is 1. The minimum absolute atomic E-state index is 0. The molecule has 0 aliphatic carbocycles. The van der Waals surface area contributed by atoms with Gasteiger partial charge in [0, 0.05) is 0 Å². The first-order chi connectivity index (χ1) is 3.39. The molecule has 0 saturated heterocycles. The van der Waals surface area contributed by atoms with Crippen molar-refractivity contribution in [3.8, 4) is 0 Å². The zero-order chi connectivity index (χ0) is 5.11. The third-order valence-electron chi connectivity index (χ3n) is 0.940. The number of hydrogen-bond donors (Lipinski definition) is 0. The van der Waals surface area contributed by atoms with Gasteiger partial charge in [0.1, 0.15) is 0 Å². The monoisotopic (exact) mass is 198 g/mol. The molecule has 1 aromatic carbocycles. The molecule has 0 aliphatic rings. The van der Waals surface area contributed by atoms with Crippen molar-refractivity contribution in [3.63, 3.8) is 0 Å². The largest absolute Gasteiger partial charge is 2.00 e. The van der Waals surface area contributed by atoms with Crippen molar-refractivity contribution in [2.45, 2.75) is 6.92 Å². The van der Waals surface area contributed by atoms with Gasteiger partial charge in [-0.05, 0) is 6.92 Å². The van der Waals surface area contributed by atoms with Crippen LogP contribution in [0.5, 0.6) is 0 Å². The van der Waals surface area contributed by atoms with E-state index in [0.717, 1.165) is 0 Å². The summed E-state index contributed by atoms with van der Waals surface area (Å²) < 4.78 is 0. The molecule has 0 unspecified atom stereocenters. The van der Waals surface area contributed by atoms with Crippen molar-refractivity contribution < 1.29 is 2.85 Å². The summed E-state index contributed by atoms with van der Waals surface area (Å²) in [6, 6.07) is 10.3. The van der Waals surface area contributed by atoms with E-state index in [1.165, 1.54) is 5.56 Å². The second kappa shape index (κ2) is 6.58. The molecule has 1 aromatic rings. The van der Waals surface area contributed by atoms with Gasteiger partial charge in [0.05, 0.1) is 0 Å². The first kappa shape index (κ1) is 12.2. The Labute approximate surface area is 85.5 Å². The van der Waals surface area contributed by atoms with Crippen LogP contribution < -0.4 is 0 Å². The van der Waals surface area contributed by atoms with Crippen LogP contribution in [0.1, 0.15) is 8.42 Å². The van der Waals surface area contributed by atoms with Crippen LogP contribution in [0, 0.1) is 6.92 Å². The Hall–Kier alpha value is 0.466. The van der Waals surface area contributed by atoms with Gasteiger partial charge in [-0.1, -0.05) is 35.9 Å². The Morgan fingerprint density at radius 1 is 1.11 bits per heavy atom. The molecule has 2 heteroatoms. The Morgan fingerprint density at radius 3 is 1.78 bits per heavy atom. The van der Waals surface area contributed by atoms with Crippen molar-refractivity contribution in [3.05, 3.63) is 35.9 Å². The predicted octanol–water partition coefficient (Wildman–Crippen LogP) is 2.42. The van der Waals surface area contributed by atoms with Crippen LogP contribution in [0.3, 0.4) is 0 Å². The van der Waals surface area contributed by atoms with Crippen LogP contribution in [0.15, 0.2) is 30.3 Å². The average Bonchev–Trinajstić information content (AvgIpc) is 1.69. The number of aryl methyl sites for hydroxylation is 1. The van der Waals surface area contributed by atoms with Gasteiger partial charge in [0.25, 0.3) is 0 Å². The van der Waals surface area contributed by atoms with E-state index < -0.39 is 0 Å². The fourth-order valence-corrected chi connectivity index (χ4v) is 0.534. The molecule has 0 atom stereocenters. The van der Waals surface area contributed by atoms with Crippen LogP contribution in [0.2, 0.25) is 0 Å². The summed E-state index contributed by atoms with van der Waals surface area (Å²) in [5, 5.41) is 0. The van der Waals surface area contributed by atoms with Gasteiger partial charge in [0.2, 0.25) is 0 Å². The zero-order valence-corrected chi connectivity index (χ0v) is 8.63. The van der Waals surface area contributed by atoms with E-state index in [4.69, 9.17) is 0 Å². The van der Waals surface area contributed by atoms with E-state index in [1.807, 2.05) is 18.2 Å². The first-order valence-electron chi connectivity index (χ1n) is 2.41. The van der Waals surface area contributed by atoms with Crippen LogP contribution >= 0.6 is 17.0 Å². The van der Waals surface area contributed by atoms with Crippen LogP contribution in [-0.2, 0) is 0 Å². The van der Waals surface area contributed by atoms with Gasteiger partial charge in [-0.2, -0.15) is 0 Å². The Balaban J connectivity index is -0.0000000612. The molecular weight excluding hydrogens is 188 g/mol. The SMILES string of the molecule is Br.Cc1ccccc1.[H-].[H-].[Mg+2].